The first kappa shape index (κ1) is 24.2. The zero-order valence-corrected chi connectivity index (χ0v) is 20.5. The summed E-state index contributed by atoms with van der Waals surface area (Å²) >= 11 is 6.07. The number of hydrogen-bond donors (Lipinski definition) is 1. The maximum atomic E-state index is 13.4. The molecule has 0 radical (unpaired) electrons. The van der Waals surface area contributed by atoms with E-state index in [1.165, 1.54) is 12.5 Å². The second kappa shape index (κ2) is 9.87. The predicted octanol–water partition coefficient (Wildman–Crippen LogP) is 4.24. The van der Waals surface area contributed by atoms with Crippen LogP contribution in [-0.2, 0) is 16.0 Å². The third-order valence-corrected chi connectivity index (χ3v) is 6.58. The lowest BCUT2D eigenvalue weighted by Crippen LogP contribution is -2.35. The van der Waals surface area contributed by atoms with E-state index in [1.54, 1.807) is 16.9 Å². The monoisotopic (exact) mass is 508 g/mol. The van der Waals surface area contributed by atoms with Crippen molar-refractivity contribution in [3.05, 3.63) is 81.3 Å². The molecule has 3 heterocycles. The lowest BCUT2D eigenvalue weighted by Gasteiger charge is -2.24. The highest BCUT2D eigenvalue weighted by Crippen LogP contribution is 2.43. The van der Waals surface area contributed by atoms with Crippen LogP contribution in [0.2, 0.25) is 5.02 Å². The van der Waals surface area contributed by atoms with E-state index in [0.717, 1.165) is 5.56 Å². The minimum Gasteiger partial charge on any atom is -0.364 e. The van der Waals surface area contributed by atoms with Gasteiger partial charge in [0.1, 0.15) is 23.9 Å². The topological polar surface area (TPSA) is 140 Å². The Morgan fingerprint density at radius 1 is 1.33 bits per heavy atom. The van der Waals surface area contributed by atoms with Crippen LogP contribution in [-0.4, -0.2) is 56.1 Å². The van der Waals surface area contributed by atoms with Gasteiger partial charge in [0, 0.05) is 28.9 Å². The zero-order valence-electron chi connectivity index (χ0n) is 19.8. The molecule has 36 heavy (non-hydrogen) atoms. The second-order valence-electron chi connectivity index (χ2n) is 9.37. The SMILES string of the molecule is CC1(C)O[C@@H]2[C@@H](CN=[N+]=[N-])C[C@@H](Nc3ncncc3C(=O)c3ccn(Cc4cccc(Cl)c4)n3)[C@@H]2O1. The molecule has 186 valence electrons. The van der Waals surface area contributed by atoms with Crippen LogP contribution in [0, 0.1) is 5.92 Å². The Morgan fingerprint density at radius 2 is 2.17 bits per heavy atom. The van der Waals surface area contributed by atoms with Crippen molar-refractivity contribution in [3.63, 3.8) is 0 Å². The number of aromatic nitrogens is 4. The van der Waals surface area contributed by atoms with Gasteiger partial charge in [-0.3, -0.25) is 9.48 Å². The number of ketones is 1. The molecule has 4 atom stereocenters. The minimum absolute atomic E-state index is 0.0200. The number of carbonyl (C=O) groups is 1. The van der Waals surface area contributed by atoms with E-state index in [-0.39, 0.29) is 35.6 Å². The number of benzene rings is 1. The molecule has 3 aromatic rings. The first-order valence-electron chi connectivity index (χ1n) is 11.6. The fourth-order valence-electron chi connectivity index (χ4n) is 4.87. The van der Waals surface area contributed by atoms with Crippen LogP contribution in [0.4, 0.5) is 5.82 Å². The number of ether oxygens (including phenoxy) is 2. The number of carbonyl (C=O) groups excluding carboxylic acids is 1. The molecule has 0 amide bonds. The highest BCUT2D eigenvalue weighted by atomic mass is 35.5. The third kappa shape index (κ3) is 5.05. The van der Waals surface area contributed by atoms with Crippen LogP contribution >= 0.6 is 11.6 Å². The first-order valence-corrected chi connectivity index (χ1v) is 12.0. The Bertz CT molecular complexity index is 1320. The van der Waals surface area contributed by atoms with Gasteiger partial charge in [0.15, 0.2) is 5.79 Å². The van der Waals surface area contributed by atoms with E-state index in [9.17, 15) is 4.79 Å². The van der Waals surface area contributed by atoms with Gasteiger partial charge in [0.2, 0.25) is 5.78 Å². The van der Waals surface area contributed by atoms with Crippen LogP contribution in [0.15, 0.2) is 54.2 Å². The second-order valence-corrected chi connectivity index (χ2v) is 9.80. The van der Waals surface area contributed by atoms with Crippen LogP contribution in [0.3, 0.4) is 0 Å². The number of rotatable bonds is 8. The first-order chi connectivity index (χ1) is 17.3. The highest BCUT2D eigenvalue weighted by Gasteiger charge is 2.53. The summed E-state index contributed by atoms with van der Waals surface area (Å²) in [7, 11) is 0. The van der Waals surface area contributed by atoms with Crippen molar-refractivity contribution in [2.45, 2.75) is 50.8 Å². The summed E-state index contributed by atoms with van der Waals surface area (Å²) in [6.45, 7) is 4.49. The molecule has 1 aromatic carbocycles. The lowest BCUT2D eigenvalue weighted by molar-refractivity contribution is -0.156. The largest absolute Gasteiger partial charge is 0.364 e. The zero-order chi connectivity index (χ0) is 25.3. The van der Waals surface area contributed by atoms with Gasteiger partial charge in [0.25, 0.3) is 0 Å². The average molecular weight is 509 g/mol. The lowest BCUT2D eigenvalue weighted by atomic mass is 10.1. The Labute approximate surface area is 212 Å². The van der Waals surface area contributed by atoms with E-state index in [2.05, 4.69) is 30.4 Å². The normalized spacial score (nSPS) is 24.2. The summed E-state index contributed by atoms with van der Waals surface area (Å²) in [4.78, 5) is 24.7. The van der Waals surface area contributed by atoms with Gasteiger partial charge < -0.3 is 14.8 Å². The number of nitrogens with zero attached hydrogens (tertiary/aromatic N) is 7. The molecule has 0 bridgehead atoms. The summed E-state index contributed by atoms with van der Waals surface area (Å²) in [5.41, 5.74) is 10.3. The third-order valence-electron chi connectivity index (χ3n) is 6.35. The number of hydrogen-bond acceptors (Lipinski definition) is 8. The highest BCUT2D eigenvalue weighted by molar-refractivity contribution is 6.30. The van der Waals surface area contributed by atoms with Crippen molar-refractivity contribution in [3.8, 4) is 0 Å². The summed E-state index contributed by atoms with van der Waals surface area (Å²) in [6.07, 6.45) is 4.74. The van der Waals surface area contributed by atoms with E-state index < -0.39 is 5.79 Å². The van der Waals surface area contributed by atoms with Gasteiger partial charge >= 0.3 is 0 Å². The maximum absolute atomic E-state index is 13.4. The summed E-state index contributed by atoms with van der Waals surface area (Å²) < 4.78 is 13.9. The molecule has 11 nitrogen and oxygen atoms in total. The van der Waals surface area contributed by atoms with Crippen LogP contribution in [0.5, 0.6) is 0 Å². The number of azide groups is 1. The quantitative estimate of drug-likeness (QED) is 0.208. The van der Waals surface area contributed by atoms with Gasteiger partial charge in [-0.05, 0) is 55.5 Å². The number of nitrogens with one attached hydrogen (secondary N) is 1. The van der Waals surface area contributed by atoms with Crippen LogP contribution in [0.1, 0.15) is 41.9 Å². The van der Waals surface area contributed by atoms with Crippen LogP contribution in [0.25, 0.3) is 10.4 Å². The molecule has 2 aliphatic rings. The molecule has 1 N–H and O–H groups in total. The fraction of sp³-hybridized carbons (Fsp3) is 0.417. The molecular weight excluding hydrogens is 484 g/mol. The van der Waals surface area contributed by atoms with E-state index in [1.807, 2.05) is 38.1 Å². The van der Waals surface area contributed by atoms with Crippen molar-refractivity contribution in [2.75, 3.05) is 11.9 Å². The molecular formula is C24H25ClN8O3. The maximum Gasteiger partial charge on any atom is 0.218 e. The van der Waals surface area contributed by atoms with Crippen molar-refractivity contribution >= 4 is 23.2 Å². The smallest absolute Gasteiger partial charge is 0.218 e. The van der Waals surface area contributed by atoms with Crippen molar-refractivity contribution in [1.82, 2.24) is 19.7 Å². The average Bonchev–Trinajstić information content (AvgIpc) is 3.52. The van der Waals surface area contributed by atoms with E-state index in [4.69, 9.17) is 26.6 Å². The van der Waals surface area contributed by atoms with Gasteiger partial charge in [0.05, 0.1) is 24.3 Å². The molecule has 0 unspecified atom stereocenters. The summed E-state index contributed by atoms with van der Waals surface area (Å²) in [5.74, 6) is -0.689. The predicted molar refractivity (Wildman–Crippen MR) is 132 cm³/mol. The van der Waals surface area contributed by atoms with Gasteiger partial charge in [-0.1, -0.05) is 28.8 Å². The number of fused-ring (bicyclic) bond motifs is 1. The molecule has 1 aliphatic carbocycles. The summed E-state index contributed by atoms with van der Waals surface area (Å²) in [6, 6.07) is 8.96. The van der Waals surface area contributed by atoms with Crippen molar-refractivity contribution in [1.29, 1.82) is 0 Å². The Morgan fingerprint density at radius 3 is 2.97 bits per heavy atom. The number of anilines is 1. The van der Waals surface area contributed by atoms with Crippen LogP contribution < -0.4 is 5.32 Å². The molecule has 1 aliphatic heterocycles. The van der Waals surface area contributed by atoms with Gasteiger partial charge in [-0.25, -0.2) is 9.97 Å². The van der Waals surface area contributed by atoms with Crippen molar-refractivity contribution < 1.29 is 14.3 Å². The molecule has 1 saturated heterocycles. The molecule has 1 saturated carbocycles. The standard InChI is InChI=1S/C24H25ClN8O3/c1-24(2)35-21-15(10-29-32-26)9-19(22(21)36-24)30-23-17(11-27-13-28-23)20(34)18-6-7-33(31-18)12-14-4-3-5-16(25)8-14/h3-8,11,13,15,19,21-22H,9-10,12H2,1-2H3,(H,27,28,30)/t15-,19-,21-,22+/m1/s1. The molecule has 12 heteroatoms. The van der Waals surface area contributed by atoms with Crippen molar-refractivity contribution in [2.24, 2.45) is 11.0 Å². The molecule has 0 spiro atoms. The Kier molecular flexibility index (Phi) is 6.63. The van der Waals surface area contributed by atoms with Gasteiger partial charge in [-0.15, -0.1) is 0 Å². The van der Waals surface area contributed by atoms with Gasteiger partial charge in [-0.2, -0.15) is 5.10 Å². The van der Waals surface area contributed by atoms with E-state index in [0.29, 0.717) is 35.9 Å². The fourth-order valence-corrected chi connectivity index (χ4v) is 5.08. The molecule has 5 rings (SSSR count). The molecule has 2 aromatic heterocycles. The minimum atomic E-state index is -0.759. The van der Waals surface area contributed by atoms with E-state index >= 15 is 0 Å². The molecule has 2 fully saturated rings. The summed E-state index contributed by atoms with van der Waals surface area (Å²) in [5, 5.41) is 12.2. The Balaban J connectivity index is 1.35. The number of halogens is 1. The Hall–Kier alpha value is -3.50.